The number of amides is 1. The van der Waals surface area contributed by atoms with E-state index in [4.69, 9.17) is 4.74 Å². The number of rotatable bonds is 6. The normalized spacial score (nSPS) is 14.0. The molecule has 0 saturated heterocycles. The van der Waals surface area contributed by atoms with Crippen LogP contribution in [-0.2, 0) is 4.74 Å². The highest BCUT2D eigenvalue weighted by Gasteiger charge is 2.21. The van der Waals surface area contributed by atoms with Crippen molar-refractivity contribution in [3.05, 3.63) is 29.6 Å². The third-order valence-electron chi connectivity index (χ3n) is 2.65. The Balaban J connectivity index is 2.48. The van der Waals surface area contributed by atoms with Crippen molar-refractivity contribution in [2.45, 2.75) is 25.9 Å². The van der Waals surface area contributed by atoms with E-state index >= 15 is 0 Å². The van der Waals surface area contributed by atoms with Gasteiger partial charge in [0.25, 0.3) is 5.91 Å². The second-order valence-electron chi connectivity index (χ2n) is 4.61. The van der Waals surface area contributed by atoms with E-state index in [0.717, 1.165) is 5.69 Å². The second kappa shape index (κ2) is 6.47. The number of aryl methyl sites for hydroxylation is 1. The van der Waals surface area contributed by atoms with Crippen molar-refractivity contribution in [1.29, 1.82) is 0 Å². The van der Waals surface area contributed by atoms with E-state index < -0.39 is 5.60 Å². The Labute approximate surface area is 107 Å². The summed E-state index contributed by atoms with van der Waals surface area (Å²) in [5, 5.41) is 12.7. The Morgan fingerprint density at radius 2 is 2.28 bits per heavy atom. The minimum absolute atomic E-state index is 0.184. The lowest BCUT2D eigenvalue weighted by atomic mass is 10.0. The number of hydrogen-bond donors (Lipinski definition) is 2. The SMILES string of the molecule is COCCC(C)(O)CNC(=O)c1ccc(C)nc1. The summed E-state index contributed by atoms with van der Waals surface area (Å²) in [6.45, 7) is 4.16. The number of carbonyl (C=O) groups is 1. The lowest BCUT2D eigenvalue weighted by molar-refractivity contribution is 0.0243. The molecule has 0 fully saturated rings. The summed E-state index contributed by atoms with van der Waals surface area (Å²) in [6, 6.07) is 3.49. The van der Waals surface area contributed by atoms with E-state index in [9.17, 15) is 9.90 Å². The average Bonchev–Trinajstić information content (AvgIpc) is 2.35. The molecule has 0 bridgehead atoms. The summed E-state index contributed by atoms with van der Waals surface area (Å²) in [5.74, 6) is -0.236. The van der Waals surface area contributed by atoms with Crippen LogP contribution in [0, 0.1) is 6.92 Å². The van der Waals surface area contributed by atoms with Crippen LogP contribution in [0.4, 0.5) is 0 Å². The van der Waals surface area contributed by atoms with Gasteiger partial charge in [0.05, 0.1) is 11.2 Å². The monoisotopic (exact) mass is 252 g/mol. The van der Waals surface area contributed by atoms with Crippen LogP contribution >= 0.6 is 0 Å². The number of nitrogens with zero attached hydrogens (tertiary/aromatic N) is 1. The first kappa shape index (κ1) is 14.6. The van der Waals surface area contributed by atoms with Crippen LogP contribution in [0.2, 0.25) is 0 Å². The van der Waals surface area contributed by atoms with Crippen molar-refractivity contribution in [3.8, 4) is 0 Å². The van der Waals surface area contributed by atoms with Crippen molar-refractivity contribution in [2.75, 3.05) is 20.3 Å². The highest BCUT2D eigenvalue weighted by Crippen LogP contribution is 2.08. The number of methoxy groups -OCH3 is 1. The topological polar surface area (TPSA) is 71.5 Å². The molecule has 1 heterocycles. The third kappa shape index (κ3) is 4.81. The number of aromatic nitrogens is 1. The summed E-state index contributed by atoms with van der Waals surface area (Å²) in [6.07, 6.45) is 1.99. The van der Waals surface area contributed by atoms with Crippen LogP contribution in [0.25, 0.3) is 0 Å². The molecule has 1 atom stereocenters. The molecular weight excluding hydrogens is 232 g/mol. The van der Waals surface area contributed by atoms with Crippen molar-refractivity contribution >= 4 is 5.91 Å². The lowest BCUT2D eigenvalue weighted by Gasteiger charge is -2.23. The molecule has 0 aliphatic carbocycles. The Bertz CT molecular complexity index is 388. The van der Waals surface area contributed by atoms with E-state index in [0.29, 0.717) is 18.6 Å². The zero-order chi connectivity index (χ0) is 13.6. The fourth-order valence-corrected chi connectivity index (χ4v) is 1.39. The van der Waals surface area contributed by atoms with Crippen molar-refractivity contribution in [3.63, 3.8) is 0 Å². The van der Waals surface area contributed by atoms with Gasteiger partial charge >= 0.3 is 0 Å². The van der Waals surface area contributed by atoms with Crippen molar-refractivity contribution < 1.29 is 14.6 Å². The number of aliphatic hydroxyl groups is 1. The molecule has 1 amide bonds. The fraction of sp³-hybridized carbons (Fsp3) is 0.538. The first-order chi connectivity index (χ1) is 8.44. The fourth-order valence-electron chi connectivity index (χ4n) is 1.39. The number of ether oxygens (including phenoxy) is 1. The third-order valence-corrected chi connectivity index (χ3v) is 2.65. The molecule has 0 radical (unpaired) electrons. The Morgan fingerprint density at radius 1 is 1.56 bits per heavy atom. The Kier molecular flexibility index (Phi) is 5.25. The maximum absolute atomic E-state index is 11.8. The molecule has 0 aromatic carbocycles. The van der Waals surface area contributed by atoms with Gasteiger partial charge in [-0.05, 0) is 26.0 Å². The lowest BCUT2D eigenvalue weighted by Crippen LogP contribution is -2.41. The van der Waals surface area contributed by atoms with Gasteiger partial charge in [-0.1, -0.05) is 0 Å². The molecule has 0 aliphatic rings. The van der Waals surface area contributed by atoms with Crippen LogP contribution < -0.4 is 5.32 Å². The van der Waals surface area contributed by atoms with Crippen LogP contribution in [0.15, 0.2) is 18.3 Å². The Hall–Kier alpha value is -1.46. The Morgan fingerprint density at radius 3 is 2.83 bits per heavy atom. The summed E-state index contributed by atoms with van der Waals surface area (Å²) in [7, 11) is 1.58. The maximum atomic E-state index is 11.8. The highest BCUT2D eigenvalue weighted by atomic mass is 16.5. The average molecular weight is 252 g/mol. The van der Waals surface area contributed by atoms with Gasteiger partial charge in [-0.15, -0.1) is 0 Å². The standard InChI is InChI=1S/C13H20N2O3/c1-10-4-5-11(8-14-10)12(16)15-9-13(2,17)6-7-18-3/h4-5,8,17H,6-7,9H2,1-3H3,(H,15,16). The number of pyridine rings is 1. The largest absolute Gasteiger partial charge is 0.388 e. The van der Waals surface area contributed by atoms with Gasteiger partial charge in [-0.2, -0.15) is 0 Å². The quantitative estimate of drug-likeness (QED) is 0.789. The molecule has 0 saturated carbocycles. The van der Waals surface area contributed by atoms with Crippen LogP contribution in [-0.4, -0.2) is 41.9 Å². The zero-order valence-electron chi connectivity index (χ0n) is 11.1. The molecule has 0 spiro atoms. The number of hydrogen-bond acceptors (Lipinski definition) is 4. The maximum Gasteiger partial charge on any atom is 0.252 e. The predicted molar refractivity (Wildman–Crippen MR) is 68.4 cm³/mol. The van der Waals surface area contributed by atoms with Gasteiger partial charge in [0.2, 0.25) is 0 Å². The molecule has 5 heteroatoms. The van der Waals surface area contributed by atoms with Crippen LogP contribution in [0.1, 0.15) is 29.4 Å². The van der Waals surface area contributed by atoms with E-state index in [2.05, 4.69) is 10.3 Å². The van der Waals surface area contributed by atoms with E-state index in [1.54, 1.807) is 26.2 Å². The molecule has 1 aromatic rings. The summed E-state index contributed by atoms with van der Waals surface area (Å²) in [4.78, 5) is 15.8. The molecule has 1 rings (SSSR count). The van der Waals surface area contributed by atoms with Gasteiger partial charge in [0.1, 0.15) is 0 Å². The molecule has 0 aliphatic heterocycles. The van der Waals surface area contributed by atoms with Crippen molar-refractivity contribution in [1.82, 2.24) is 10.3 Å². The predicted octanol–water partition coefficient (Wildman–Crippen LogP) is 0.907. The molecule has 100 valence electrons. The summed E-state index contributed by atoms with van der Waals surface area (Å²) < 4.78 is 4.90. The van der Waals surface area contributed by atoms with Gasteiger partial charge in [-0.3, -0.25) is 9.78 Å². The van der Waals surface area contributed by atoms with E-state index in [-0.39, 0.29) is 12.5 Å². The molecule has 2 N–H and O–H groups in total. The highest BCUT2D eigenvalue weighted by molar-refractivity contribution is 5.93. The molecule has 18 heavy (non-hydrogen) atoms. The van der Waals surface area contributed by atoms with E-state index in [1.165, 1.54) is 6.20 Å². The minimum atomic E-state index is -0.968. The number of carbonyl (C=O) groups excluding carboxylic acids is 1. The number of nitrogens with one attached hydrogen (secondary N) is 1. The molecule has 5 nitrogen and oxygen atoms in total. The smallest absolute Gasteiger partial charge is 0.252 e. The van der Waals surface area contributed by atoms with Gasteiger partial charge in [0, 0.05) is 38.6 Å². The molecule has 1 aromatic heterocycles. The van der Waals surface area contributed by atoms with Gasteiger partial charge in [0.15, 0.2) is 0 Å². The zero-order valence-corrected chi connectivity index (χ0v) is 11.1. The summed E-state index contributed by atoms with van der Waals surface area (Å²) >= 11 is 0. The second-order valence-corrected chi connectivity index (χ2v) is 4.61. The van der Waals surface area contributed by atoms with Gasteiger partial charge in [-0.25, -0.2) is 0 Å². The minimum Gasteiger partial charge on any atom is -0.388 e. The van der Waals surface area contributed by atoms with Crippen molar-refractivity contribution in [2.24, 2.45) is 0 Å². The van der Waals surface area contributed by atoms with E-state index in [1.807, 2.05) is 6.92 Å². The van der Waals surface area contributed by atoms with Crippen LogP contribution in [0.3, 0.4) is 0 Å². The first-order valence-electron chi connectivity index (χ1n) is 5.87. The summed E-state index contributed by atoms with van der Waals surface area (Å²) in [5.41, 5.74) is 0.380. The van der Waals surface area contributed by atoms with Crippen LogP contribution in [0.5, 0.6) is 0 Å². The molecular formula is C13H20N2O3. The first-order valence-corrected chi connectivity index (χ1v) is 5.87. The van der Waals surface area contributed by atoms with Gasteiger partial charge < -0.3 is 15.2 Å². The molecule has 1 unspecified atom stereocenters.